The molecule has 0 aliphatic rings. The smallest absolute Gasteiger partial charge is 0.267 e. The summed E-state index contributed by atoms with van der Waals surface area (Å²) in [4.78, 5) is 13.3. The van der Waals surface area contributed by atoms with Crippen molar-refractivity contribution in [1.29, 1.82) is 0 Å². The molecule has 0 amide bonds. The summed E-state index contributed by atoms with van der Waals surface area (Å²) in [5.41, 5.74) is 1.44. The zero-order valence-corrected chi connectivity index (χ0v) is 16.7. The number of sulfonamides is 1. The van der Waals surface area contributed by atoms with Crippen LogP contribution < -0.4 is 10.7 Å². The van der Waals surface area contributed by atoms with Crippen molar-refractivity contribution in [3.8, 4) is 27.9 Å². The van der Waals surface area contributed by atoms with Gasteiger partial charge < -0.3 is 0 Å². The molecule has 0 saturated carbocycles. The van der Waals surface area contributed by atoms with E-state index in [1.807, 2.05) is 0 Å². The van der Waals surface area contributed by atoms with Crippen molar-refractivity contribution in [1.82, 2.24) is 9.78 Å². The number of hydrogen-bond acceptors (Lipinski definition) is 4. The average Bonchev–Trinajstić information content (AvgIpc) is 2.75. The summed E-state index contributed by atoms with van der Waals surface area (Å²) in [6.45, 7) is 0. The lowest BCUT2D eigenvalue weighted by molar-refractivity contribution is 0.598. The van der Waals surface area contributed by atoms with E-state index in [1.165, 1.54) is 79.0 Å². The Kier molecular flexibility index (Phi) is 5.22. The summed E-state index contributed by atoms with van der Waals surface area (Å²) in [6, 6.07) is 16.3. The van der Waals surface area contributed by atoms with Gasteiger partial charge in [-0.2, -0.15) is 9.78 Å². The van der Waals surface area contributed by atoms with Crippen molar-refractivity contribution in [2.45, 2.75) is 4.90 Å². The highest BCUT2D eigenvalue weighted by Crippen LogP contribution is 2.30. The number of primary sulfonamides is 1. The molecule has 0 bridgehead atoms. The third-order valence-corrected chi connectivity index (χ3v) is 5.61. The van der Waals surface area contributed by atoms with Gasteiger partial charge in [0.05, 0.1) is 22.3 Å². The van der Waals surface area contributed by atoms with Crippen LogP contribution in [0, 0.1) is 11.6 Å². The second-order valence-electron chi connectivity index (χ2n) is 6.70. The molecule has 9 heteroatoms. The zero-order valence-electron chi connectivity index (χ0n) is 15.9. The summed E-state index contributed by atoms with van der Waals surface area (Å²) in [6.07, 6.45) is 1.44. The highest BCUT2D eigenvalue weighted by atomic mass is 32.2. The SMILES string of the molecule is NS(=O)(=O)c1ccc(-c2cnn(-c3ccc(F)cc3)c(=O)c2-c2ccc(F)cc2)cc1. The Morgan fingerprint density at radius 1 is 0.774 bits per heavy atom. The molecule has 0 aliphatic heterocycles. The maximum Gasteiger partial charge on any atom is 0.279 e. The van der Waals surface area contributed by atoms with Gasteiger partial charge >= 0.3 is 0 Å². The van der Waals surface area contributed by atoms with E-state index in [1.54, 1.807) is 0 Å². The van der Waals surface area contributed by atoms with Crippen molar-refractivity contribution in [3.63, 3.8) is 0 Å². The molecule has 0 atom stereocenters. The predicted octanol–water partition coefficient (Wildman–Crippen LogP) is 3.49. The first-order valence-electron chi connectivity index (χ1n) is 9.01. The van der Waals surface area contributed by atoms with E-state index in [4.69, 9.17) is 5.14 Å². The molecule has 0 unspecified atom stereocenters. The molecule has 0 spiro atoms. The Hall–Kier alpha value is -3.69. The minimum atomic E-state index is -3.88. The fourth-order valence-electron chi connectivity index (χ4n) is 3.16. The Bertz CT molecular complexity index is 1420. The molecular formula is C22H15F2N3O3S. The first-order valence-corrected chi connectivity index (χ1v) is 10.6. The van der Waals surface area contributed by atoms with E-state index in [0.29, 0.717) is 22.4 Å². The van der Waals surface area contributed by atoms with Gasteiger partial charge in [-0.25, -0.2) is 22.3 Å². The van der Waals surface area contributed by atoms with Crippen LogP contribution in [0.15, 0.2) is 88.7 Å². The first kappa shape index (κ1) is 20.6. The van der Waals surface area contributed by atoms with E-state index >= 15 is 0 Å². The number of nitrogens with two attached hydrogens (primary N) is 1. The minimum absolute atomic E-state index is 0.0767. The van der Waals surface area contributed by atoms with Crippen molar-refractivity contribution in [2.75, 3.05) is 0 Å². The van der Waals surface area contributed by atoms with Gasteiger partial charge in [0.25, 0.3) is 5.56 Å². The number of benzene rings is 3. The van der Waals surface area contributed by atoms with Gasteiger partial charge in [0.2, 0.25) is 10.0 Å². The Morgan fingerprint density at radius 3 is 1.84 bits per heavy atom. The predicted molar refractivity (Wildman–Crippen MR) is 112 cm³/mol. The number of rotatable bonds is 4. The maximum absolute atomic E-state index is 13.5. The Labute approximate surface area is 176 Å². The molecule has 0 fully saturated rings. The number of aromatic nitrogens is 2. The molecule has 0 radical (unpaired) electrons. The summed E-state index contributed by atoms with van der Waals surface area (Å²) >= 11 is 0. The molecule has 2 N–H and O–H groups in total. The molecule has 6 nitrogen and oxygen atoms in total. The zero-order chi connectivity index (χ0) is 22.2. The highest BCUT2D eigenvalue weighted by molar-refractivity contribution is 7.89. The van der Waals surface area contributed by atoms with Gasteiger partial charge in [-0.15, -0.1) is 0 Å². The second-order valence-corrected chi connectivity index (χ2v) is 8.26. The third-order valence-electron chi connectivity index (χ3n) is 4.68. The second kappa shape index (κ2) is 7.86. The van der Waals surface area contributed by atoms with Gasteiger partial charge in [-0.3, -0.25) is 4.79 Å². The van der Waals surface area contributed by atoms with E-state index in [0.717, 1.165) is 4.68 Å². The van der Waals surface area contributed by atoms with Crippen LogP contribution in [-0.4, -0.2) is 18.2 Å². The van der Waals surface area contributed by atoms with Crippen LogP contribution in [0.4, 0.5) is 8.78 Å². The van der Waals surface area contributed by atoms with Gasteiger partial charge in [-0.05, 0) is 59.7 Å². The largest absolute Gasteiger partial charge is 0.279 e. The van der Waals surface area contributed by atoms with Gasteiger partial charge in [0, 0.05) is 5.56 Å². The van der Waals surface area contributed by atoms with Crippen LogP contribution in [0.5, 0.6) is 0 Å². The van der Waals surface area contributed by atoms with Crippen LogP contribution in [0.3, 0.4) is 0 Å². The normalized spacial score (nSPS) is 11.5. The molecule has 1 heterocycles. The summed E-state index contributed by atoms with van der Waals surface area (Å²) in [7, 11) is -3.88. The van der Waals surface area contributed by atoms with Gasteiger partial charge in [0.15, 0.2) is 0 Å². The van der Waals surface area contributed by atoms with Crippen molar-refractivity contribution < 1.29 is 17.2 Å². The lowest BCUT2D eigenvalue weighted by atomic mass is 9.97. The van der Waals surface area contributed by atoms with E-state index in [-0.39, 0.29) is 10.5 Å². The van der Waals surface area contributed by atoms with Crippen LogP contribution in [0.25, 0.3) is 27.9 Å². The summed E-state index contributed by atoms with van der Waals surface area (Å²) in [5, 5.41) is 9.34. The fourth-order valence-corrected chi connectivity index (χ4v) is 3.67. The summed E-state index contributed by atoms with van der Waals surface area (Å²) < 4.78 is 50.9. The standard InChI is InChI=1S/C22H15F2N3O3S/c23-16-5-1-15(2-6-16)21-20(14-3-11-19(12-4-14)31(25,29)30)13-26-27(22(21)28)18-9-7-17(24)8-10-18/h1-13H,(H2,25,29,30). The molecule has 0 saturated heterocycles. The molecule has 3 aromatic carbocycles. The van der Waals surface area contributed by atoms with E-state index in [2.05, 4.69) is 5.10 Å². The molecule has 31 heavy (non-hydrogen) atoms. The molecule has 4 rings (SSSR count). The fraction of sp³-hybridized carbons (Fsp3) is 0. The number of nitrogens with zero attached hydrogens (tertiary/aromatic N) is 2. The summed E-state index contributed by atoms with van der Waals surface area (Å²) in [5.74, 6) is -0.919. The quantitative estimate of drug-likeness (QED) is 0.527. The number of halogens is 2. The monoisotopic (exact) mass is 439 g/mol. The highest BCUT2D eigenvalue weighted by Gasteiger charge is 2.17. The van der Waals surface area contributed by atoms with Crippen LogP contribution in [0.1, 0.15) is 0 Å². The minimum Gasteiger partial charge on any atom is -0.267 e. The van der Waals surface area contributed by atoms with Crippen molar-refractivity contribution >= 4 is 10.0 Å². The average molecular weight is 439 g/mol. The van der Waals surface area contributed by atoms with Crippen molar-refractivity contribution in [2.24, 2.45) is 5.14 Å². The lowest BCUT2D eigenvalue weighted by Crippen LogP contribution is -2.23. The lowest BCUT2D eigenvalue weighted by Gasteiger charge is -2.13. The van der Waals surface area contributed by atoms with Crippen LogP contribution >= 0.6 is 0 Å². The molecule has 156 valence electrons. The van der Waals surface area contributed by atoms with Crippen LogP contribution in [0.2, 0.25) is 0 Å². The first-order chi connectivity index (χ1) is 14.7. The van der Waals surface area contributed by atoms with Gasteiger partial charge in [-0.1, -0.05) is 24.3 Å². The number of hydrogen-bond donors (Lipinski definition) is 1. The topological polar surface area (TPSA) is 95.1 Å². The molecular weight excluding hydrogens is 424 g/mol. The third kappa shape index (κ3) is 4.14. The maximum atomic E-state index is 13.5. The molecule has 0 aliphatic carbocycles. The van der Waals surface area contributed by atoms with Crippen molar-refractivity contribution in [3.05, 3.63) is 101 Å². The van der Waals surface area contributed by atoms with E-state index in [9.17, 15) is 22.0 Å². The molecule has 1 aromatic heterocycles. The van der Waals surface area contributed by atoms with E-state index < -0.39 is 27.2 Å². The Morgan fingerprint density at radius 2 is 1.29 bits per heavy atom. The van der Waals surface area contributed by atoms with Gasteiger partial charge in [0.1, 0.15) is 11.6 Å². The van der Waals surface area contributed by atoms with Crippen LogP contribution in [-0.2, 0) is 10.0 Å². The Balaban J connectivity index is 1.95. The molecule has 4 aromatic rings.